The van der Waals surface area contributed by atoms with Gasteiger partial charge >= 0.3 is 5.97 Å². The van der Waals surface area contributed by atoms with Crippen LogP contribution in [0, 0.1) is 12.8 Å². The van der Waals surface area contributed by atoms with Crippen LogP contribution in [-0.4, -0.2) is 49.1 Å². The van der Waals surface area contributed by atoms with Crippen LogP contribution in [0.3, 0.4) is 0 Å². The fourth-order valence-corrected chi connectivity index (χ4v) is 5.14. The minimum absolute atomic E-state index is 0.207. The van der Waals surface area contributed by atoms with Gasteiger partial charge in [-0.3, -0.25) is 9.69 Å². The number of aryl methyl sites for hydroxylation is 1. The smallest absolute Gasteiger partial charge is 0.327 e. The van der Waals surface area contributed by atoms with Crippen LogP contribution >= 0.6 is 24.0 Å². The van der Waals surface area contributed by atoms with Crippen molar-refractivity contribution in [3.8, 4) is 23.1 Å². The van der Waals surface area contributed by atoms with Crippen molar-refractivity contribution in [2.75, 3.05) is 7.11 Å². The number of para-hydroxylation sites is 1. The maximum Gasteiger partial charge on any atom is 0.327 e. The fourth-order valence-electron chi connectivity index (χ4n) is 3.83. The van der Waals surface area contributed by atoms with Gasteiger partial charge in [-0.25, -0.2) is 4.79 Å². The van der Waals surface area contributed by atoms with Gasteiger partial charge in [-0.15, -0.1) is 0 Å². The summed E-state index contributed by atoms with van der Waals surface area (Å²) in [4.78, 5) is 26.7. The Morgan fingerprint density at radius 3 is 2.33 bits per heavy atom. The van der Waals surface area contributed by atoms with E-state index in [0.717, 1.165) is 17.4 Å². The number of benzene rings is 2. The van der Waals surface area contributed by atoms with Gasteiger partial charge < -0.3 is 14.6 Å². The number of methoxy groups -OCH3 is 1. The van der Waals surface area contributed by atoms with Gasteiger partial charge in [-0.05, 0) is 55.3 Å². The van der Waals surface area contributed by atoms with E-state index in [1.165, 1.54) is 4.90 Å². The molecule has 1 amide bonds. The third-order valence-corrected chi connectivity index (χ3v) is 6.93. The highest BCUT2D eigenvalue weighted by Gasteiger charge is 2.42. The number of aromatic nitrogens is 2. The third kappa shape index (κ3) is 5.00. The molecule has 1 aliphatic heterocycles. The van der Waals surface area contributed by atoms with Crippen LogP contribution in [0.25, 0.3) is 11.8 Å². The molecule has 36 heavy (non-hydrogen) atoms. The largest absolute Gasteiger partial charge is 0.497 e. The number of amides is 1. The van der Waals surface area contributed by atoms with Gasteiger partial charge in [-0.2, -0.15) is 9.78 Å². The number of hydrogen-bond acceptors (Lipinski definition) is 7. The predicted octanol–water partition coefficient (Wildman–Crippen LogP) is 5.29. The predicted molar refractivity (Wildman–Crippen MR) is 143 cm³/mol. The first kappa shape index (κ1) is 25.5. The van der Waals surface area contributed by atoms with Gasteiger partial charge in [0.25, 0.3) is 5.91 Å². The van der Waals surface area contributed by atoms with Crippen molar-refractivity contribution in [3.63, 3.8) is 0 Å². The number of carbonyl (C=O) groups excluding carboxylic acids is 1. The highest BCUT2D eigenvalue weighted by molar-refractivity contribution is 8.26. The Balaban J connectivity index is 1.79. The lowest BCUT2D eigenvalue weighted by atomic mass is 10.0. The molecule has 186 valence electrons. The molecular weight excluding hydrogens is 498 g/mol. The minimum atomic E-state index is -1.10. The molecule has 1 saturated heterocycles. The number of nitrogens with zero attached hydrogens (tertiary/aromatic N) is 3. The zero-order valence-electron chi connectivity index (χ0n) is 20.2. The van der Waals surface area contributed by atoms with Crippen molar-refractivity contribution < 1.29 is 24.2 Å². The number of carbonyl (C=O) groups is 2. The molecule has 0 spiro atoms. The average Bonchev–Trinajstić information content (AvgIpc) is 3.30. The Morgan fingerprint density at radius 2 is 1.75 bits per heavy atom. The van der Waals surface area contributed by atoms with Crippen molar-refractivity contribution in [2.45, 2.75) is 26.8 Å². The highest BCUT2D eigenvalue weighted by atomic mass is 32.2. The Morgan fingerprint density at radius 1 is 1.11 bits per heavy atom. The van der Waals surface area contributed by atoms with Crippen LogP contribution in [-0.2, 0) is 9.59 Å². The maximum absolute atomic E-state index is 13.3. The first-order valence-corrected chi connectivity index (χ1v) is 12.4. The molecule has 1 atom stereocenters. The van der Waals surface area contributed by atoms with E-state index in [9.17, 15) is 14.7 Å². The summed E-state index contributed by atoms with van der Waals surface area (Å²) in [6, 6.07) is 15.6. The van der Waals surface area contributed by atoms with E-state index in [4.69, 9.17) is 21.7 Å². The van der Waals surface area contributed by atoms with Crippen LogP contribution in [0.4, 0.5) is 0 Å². The summed E-state index contributed by atoms with van der Waals surface area (Å²) >= 11 is 6.47. The molecule has 0 radical (unpaired) electrons. The van der Waals surface area contributed by atoms with Crippen LogP contribution < -0.4 is 9.47 Å². The number of ether oxygens (including phenoxy) is 2. The molecule has 1 aromatic heterocycles. The second-order valence-corrected chi connectivity index (χ2v) is 10.1. The summed E-state index contributed by atoms with van der Waals surface area (Å²) in [7, 11) is 1.59. The number of carboxylic acids is 1. The van der Waals surface area contributed by atoms with Crippen molar-refractivity contribution >= 4 is 46.3 Å². The van der Waals surface area contributed by atoms with E-state index >= 15 is 0 Å². The summed E-state index contributed by atoms with van der Waals surface area (Å²) in [5.41, 5.74) is 2.00. The maximum atomic E-state index is 13.3. The molecule has 10 heteroatoms. The third-order valence-electron chi connectivity index (χ3n) is 5.60. The van der Waals surface area contributed by atoms with Crippen molar-refractivity contribution in [3.05, 3.63) is 70.8 Å². The normalized spacial score (nSPS) is 15.6. The van der Waals surface area contributed by atoms with Crippen LogP contribution in [0.1, 0.15) is 25.1 Å². The zero-order valence-corrected chi connectivity index (χ0v) is 21.8. The number of hydrogen-bond donors (Lipinski definition) is 1. The topological polar surface area (TPSA) is 93.9 Å². The van der Waals surface area contributed by atoms with E-state index in [-0.39, 0.29) is 10.2 Å². The molecule has 2 aromatic carbocycles. The summed E-state index contributed by atoms with van der Waals surface area (Å²) in [5, 5.41) is 14.4. The summed E-state index contributed by atoms with van der Waals surface area (Å²) < 4.78 is 13.4. The Kier molecular flexibility index (Phi) is 7.46. The second-order valence-electron chi connectivity index (χ2n) is 8.41. The number of aliphatic carboxylic acids is 1. The van der Waals surface area contributed by atoms with Gasteiger partial charge in [-0.1, -0.05) is 56.0 Å². The number of rotatable bonds is 8. The SMILES string of the molecule is COc1ccc(Oc2c(/C=C3\SC(=S)N([C@H](C(=O)O)C(C)C)C3=O)c(C)nn2-c2ccccc2)cc1. The molecular formula is C26H25N3O5S2. The molecule has 1 N–H and O–H groups in total. The minimum Gasteiger partial charge on any atom is -0.497 e. The van der Waals surface area contributed by atoms with Crippen molar-refractivity contribution in [1.82, 2.24) is 14.7 Å². The lowest BCUT2D eigenvalue weighted by molar-refractivity contribution is -0.146. The number of thiocarbonyl (C=S) groups is 1. The molecule has 0 bridgehead atoms. The van der Waals surface area contributed by atoms with Crippen LogP contribution in [0.15, 0.2) is 59.5 Å². The fraction of sp³-hybridized carbons (Fsp3) is 0.231. The summed E-state index contributed by atoms with van der Waals surface area (Å²) in [6.45, 7) is 5.31. The Bertz CT molecular complexity index is 1330. The van der Waals surface area contributed by atoms with Gasteiger partial charge in [0.15, 0.2) is 0 Å². The van der Waals surface area contributed by atoms with Gasteiger partial charge in [0.05, 0.1) is 29.0 Å². The molecule has 4 rings (SSSR count). The molecule has 0 unspecified atom stereocenters. The monoisotopic (exact) mass is 523 g/mol. The zero-order chi connectivity index (χ0) is 26.0. The van der Waals surface area contributed by atoms with E-state index in [1.54, 1.807) is 56.0 Å². The second kappa shape index (κ2) is 10.5. The summed E-state index contributed by atoms with van der Waals surface area (Å²) in [5.74, 6) is -0.209. The van der Waals surface area contributed by atoms with Gasteiger partial charge in [0.2, 0.25) is 5.88 Å². The number of carboxylic acid groups (broad SMARTS) is 1. The van der Waals surface area contributed by atoms with E-state index in [2.05, 4.69) is 5.10 Å². The van der Waals surface area contributed by atoms with E-state index < -0.39 is 17.9 Å². The lowest BCUT2D eigenvalue weighted by Gasteiger charge is -2.26. The molecule has 1 fully saturated rings. The highest BCUT2D eigenvalue weighted by Crippen LogP contribution is 2.39. The molecule has 0 saturated carbocycles. The quantitative estimate of drug-likeness (QED) is 0.314. The number of thioether (sulfide) groups is 1. The van der Waals surface area contributed by atoms with Crippen LogP contribution in [0.2, 0.25) is 0 Å². The van der Waals surface area contributed by atoms with Crippen molar-refractivity contribution in [2.24, 2.45) is 5.92 Å². The van der Waals surface area contributed by atoms with E-state index in [1.807, 2.05) is 37.3 Å². The summed E-state index contributed by atoms with van der Waals surface area (Å²) in [6.07, 6.45) is 1.67. The standard InChI is InChI=1S/C26H25N3O5S2/c1-15(2)22(25(31)32)28-23(30)21(36-26(28)35)14-20-16(3)27-29(17-8-6-5-7-9-17)24(20)34-19-12-10-18(33-4)11-13-19/h5-15,22H,1-4H3,(H,31,32)/b21-14-/t22-/m0/s1. The van der Waals surface area contributed by atoms with Gasteiger partial charge in [0.1, 0.15) is 21.9 Å². The average molecular weight is 524 g/mol. The van der Waals surface area contributed by atoms with Gasteiger partial charge in [0, 0.05) is 0 Å². The van der Waals surface area contributed by atoms with Crippen molar-refractivity contribution in [1.29, 1.82) is 0 Å². The first-order valence-electron chi connectivity index (χ1n) is 11.2. The molecule has 0 aliphatic carbocycles. The molecule has 2 heterocycles. The Labute approximate surface area is 218 Å². The van der Waals surface area contributed by atoms with E-state index in [0.29, 0.717) is 33.5 Å². The molecule has 8 nitrogen and oxygen atoms in total. The van der Waals surface area contributed by atoms with Crippen LogP contribution in [0.5, 0.6) is 17.4 Å². The molecule has 1 aliphatic rings. The molecule has 3 aromatic rings. The first-order chi connectivity index (χ1) is 17.2. The lowest BCUT2D eigenvalue weighted by Crippen LogP contribution is -2.47. The Hall–Kier alpha value is -3.63.